The lowest BCUT2D eigenvalue weighted by Crippen LogP contribution is -2.28. The van der Waals surface area contributed by atoms with Crippen molar-refractivity contribution >= 4 is 5.84 Å². The quantitative estimate of drug-likeness (QED) is 0.303. The number of ether oxygens (including phenoxy) is 1. The average molecular weight is 484 g/mol. The van der Waals surface area contributed by atoms with Gasteiger partial charge < -0.3 is 15.0 Å². The Morgan fingerprint density at radius 3 is 2.72 bits per heavy atom. The summed E-state index contributed by atoms with van der Waals surface area (Å²) in [4.78, 5) is 7.36. The number of hydrogen-bond donors (Lipinski definition) is 1. The Morgan fingerprint density at radius 1 is 1.06 bits per heavy atom. The first kappa shape index (κ1) is 24.8. The molecule has 4 unspecified atom stereocenters. The van der Waals surface area contributed by atoms with E-state index < -0.39 is 0 Å². The molecule has 5 rings (SSSR count). The first-order valence-electron chi connectivity index (χ1n) is 13.9. The first-order chi connectivity index (χ1) is 17.7. The maximum Gasteiger partial charge on any atom is 0.125 e. The first-order valence-corrected chi connectivity index (χ1v) is 13.9. The Bertz CT molecular complexity index is 1080. The van der Waals surface area contributed by atoms with Crippen LogP contribution in [0.4, 0.5) is 0 Å². The van der Waals surface area contributed by atoms with Gasteiger partial charge in [0.2, 0.25) is 0 Å². The summed E-state index contributed by atoms with van der Waals surface area (Å²) in [5.74, 6) is 3.47. The zero-order valence-corrected chi connectivity index (χ0v) is 21.9. The van der Waals surface area contributed by atoms with Crippen LogP contribution in [0.1, 0.15) is 39.5 Å². The summed E-state index contributed by atoms with van der Waals surface area (Å²) in [6.45, 7) is 9.43. The molecule has 4 nitrogen and oxygen atoms in total. The molecule has 190 valence electrons. The van der Waals surface area contributed by atoms with Crippen LogP contribution in [0.2, 0.25) is 0 Å². The SMILES string of the molecule is CCN(CC)CCCOC1=CC=C(C2=CC3C4=CC(/C=C/C5C=CC=CC5)CN=C4NC3C=C2)CC1. The summed E-state index contributed by atoms with van der Waals surface area (Å²) < 4.78 is 6.08. The minimum atomic E-state index is 0.317. The van der Waals surface area contributed by atoms with E-state index in [4.69, 9.17) is 9.73 Å². The number of rotatable bonds is 10. The van der Waals surface area contributed by atoms with Crippen molar-refractivity contribution in [2.24, 2.45) is 22.7 Å². The molecule has 0 aromatic carbocycles. The molecular weight excluding hydrogens is 442 g/mol. The van der Waals surface area contributed by atoms with E-state index in [2.05, 4.69) is 97.0 Å². The Kier molecular flexibility index (Phi) is 8.22. The van der Waals surface area contributed by atoms with E-state index in [-0.39, 0.29) is 0 Å². The third kappa shape index (κ3) is 5.92. The van der Waals surface area contributed by atoms with E-state index >= 15 is 0 Å². The molecule has 4 heteroatoms. The number of amidine groups is 1. The molecule has 36 heavy (non-hydrogen) atoms. The van der Waals surface area contributed by atoms with Gasteiger partial charge >= 0.3 is 0 Å². The van der Waals surface area contributed by atoms with Crippen molar-refractivity contribution < 1.29 is 4.74 Å². The van der Waals surface area contributed by atoms with Crippen LogP contribution in [0.3, 0.4) is 0 Å². The van der Waals surface area contributed by atoms with Crippen molar-refractivity contribution in [1.29, 1.82) is 0 Å². The highest BCUT2D eigenvalue weighted by Crippen LogP contribution is 2.37. The molecule has 5 aliphatic rings. The number of fused-ring (bicyclic) bond motifs is 3. The Balaban J connectivity index is 1.20. The van der Waals surface area contributed by atoms with Crippen LogP contribution in [0.15, 0.2) is 100 Å². The zero-order chi connectivity index (χ0) is 24.7. The molecule has 2 heterocycles. The predicted octanol–water partition coefficient (Wildman–Crippen LogP) is 6.07. The third-order valence-electron chi connectivity index (χ3n) is 7.92. The molecule has 0 aromatic rings. The van der Waals surface area contributed by atoms with E-state index in [9.17, 15) is 0 Å². The van der Waals surface area contributed by atoms with Gasteiger partial charge in [0.1, 0.15) is 5.84 Å². The largest absolute Gasteiger partial charge is 0.498 e. The molecule has 0 saturated carbocycles. The van der Waals surface area contributed by atoms with Gasteiger partial charge in [0.25, 0.3) is 0 Å². The van der Waals surface area contributed by atoms with Crippen LogP contribution in [-0.2, 0) is 4.74 Å². The van der Waals surface area contributed by atoms with E-state index in [0.29, 0.717) is 23.8 Å². The molecule has 1 saturated heterocycles. The number of nitrogens with one attached hydrogen (secondary N) is 1. The van der Waals surface area contributed by atoms with Gasteiger partial charge in [-0.15, -0.1) is 0 Å². The van der Waals surface area contributed by atoms with Crippen molar-refractivity contribution in [2.75, 3.05) is 32.8 Å². The fourth-order valence-corrected chi connectivity index (χ4v) is 5.68. The van der Waals surface area contributed by atoms with Crippen LogP contribution in [-0.4, -0.2) is 49.6 Å². The second kappa shape index (κ2) is 11.9. The molecule has 2 aliphatic heterocycles. The van der Waals surface area contributed by atoms with Gasteiger partial charge in [-0.3, -0.25) is 4.99 Å². The second-order valence-corrected chi connectivity index (χ2v) is 10.3. The lowest BCUT2D eigenvalue weighted by atomic mass is 9.83. The summed E-state index contributed by atoms with van der Waals surface area (Å²) in [6.07, 6.45) is 31.7. The van der Waals surface area contributed by atoms with Gasteiger partial charge in [0.15, 0.2) is 0 Å². The van der Waals surface area contributed by atoms with Gasteiger partial charge in [0.05, 0.1) is 25.0 Å². The minimum Gasteiger partial charge on any atom is -0.498 e. The summed E-state index contributed by atoms with van der Waals surface area (Å²) in [7, 11) is 0. The Hall–Kier alpha value is -2.85. The molecular formula is C32H41N3O. The number of allylic oxidation sites excluding steroid dienone is 11. The Labute approximate surface area is 217 Å². The third-order valence-corrected chi connectivity index (χ3v) is 7.92. The van der Waals surface area contributed by atoms with Gasteiger partial charge in [-0.25, -0.2) is 0 Å². The highest BCUT2D eigenvalue weighted by Gasteiger charge is 2.36. The fraction of sp³-hybridized carbons (Fsp3) is 0.469. The highest BCUT2D eigenvalue weighted by atomic mass is 16.5. The normalized spacial score (nSPS) is 28.7. The standard InChI is InChI=1S/C32H41N3O/c1-3-35(4-2)19-8-20-36-28-16-13-26(14-17-28)27-15-18-31-29(22-27)30-21-25(23-33-32(30)34-31)12-11-24-9-6-5-7-10-24/h5-7,9,11-13,15-16,18,21-22,24-25,29,31H,3-4,8,10,14,17,19-20,23H2,1-2H3,(H,33,34)/b12-11+. The second-order valence-electron chi connectivity index (χ2n) is 10.3. The molecule has 0 bridgehead atoms. The van der Waals surface area contributed by atoms with Gasteiger partial charge in [-0.2, -0.15) is 0 Å². The molecule has 0 radical (unpaired) electrons. The van der Waals surface area contributed by atoms with Crippen molar-refractivity contribution in [2.45, 2.75) is 45.6 Å². The fourth-order valence-electron chi connectivity index (χ4n) is 5.68. The molecule has 3 aliphatic carbocycles. The number of nitrogens with zero attached hydrogens (tertiary/aromatic N) is 2. The molecule has 4 atom stereocenters. The van der Waals surface area contributed by atoms with Crippen LogP contribution < -0.4 is 5.32 Å². The Morgan fingerprint density at radius 2 is 1.94 bits per heavy atom. The van der Waals surface area contributed by atoms with E-state index in [1.165, 1.54) is 16.7 Å². The monoisotopic (exact) mass is 483 g/mol. The van der Waals surface area contributed by atoms with E-state index in [0.717, 1.165) is 70.1 Å². The van der Waals surface area contributed by atoms with Gasteiger partial charge in [0, 0.05) is 30.4 Å². The van der Waals surface area contributed by atoms with Gasteiger partial charge in [-0.05, 0) is 55.5 Å². The maximum absolute atomic E-state index is 6.08. The average Bonchev–Trinajstić information content (AvgIpc) is 3.30. The van der Waals surface area contributed by atoms with E-state index in [1.807, 2.05) is 0 Å². The number of dihydropyridines is 1. The molecule has 0 amide bonds. The van der Waals surface area contributed by atoms with Crippen LogP contribution >= 0.6 is 0 Å². The predicted molar refractivity (Wildman–Crippen MR) is 151 cm³/mol. The summed E-state index contributed by atoms with van der Waals surface area (Å²) in [5.41, 5.74) is 4.13. The molecule has 1 N–H and O–H groups in total. The van der Waals surface area contributed by atoms with E-state index in [1.54, 1.807) is 0 Å². The van der Waals surface area contributed by atoms with Crippen molar-refractivity contribution in [3.05, 3.63) is 95.4 Å². The molecule has 0 spiro atoms. The molecule has 1 fully saturated rings. The number of aliphatic imine (C=N–C) groups is 1. The lowest BCUT2D eigenvalue weighted by Gasteiger charge is -2.23. The smallest absolute Gasteiger partial charge is 0.125 e. The molecule has 0 aromatic heterocycles. The highest BCUT2D eigenvalue weighted by molar-refractivity contribution is 6.03. The minimum absolute atomic E-state index is 0.317. The van der Waals surface area contributed by atoms with Crippen molar-refractivity contribution in [3.8, 4) is 0 Å². The number of hydrogen-bond acceptors (Lipinski definition) is 4. The van der Waals surface area contributed by atoms with Gasteiger partial charge in [-0.1, -0.05) is 80.7 Å². The zero-order valence-electron chi connectivity index (χ0n) is 21.9. The van der Waals surface area contributed by atoms with Crippen LogP contribution in [0, 0.1) is 17.8 Å². The maximum atomic E-state index is 6.08. The topological polar surface area (TPSA) is 36.9 Å². The van der Waals surface area contributed by atoms with Crippen LogP contribution in [0.25, 0.3) is 0 Å². The van der Waals surface area contributed by atoms with Crippen molar-refractivity contribution in [1.82, 2.24) is 10.2 Å². The summed E-state index contributed by atoms with van der Waals surface area (Å²) in [5, 5.41) is 3.65. The lowest BCUT2D eigenvalue weighted by molar-refractivity contribution is 0.178. The van der Waals surface area contributed by atoms with Crippen LogP contribution in [0.5, 0.6) is 0 Å². The van der Waals surface area contributed by atoms with Crippen molar-refractivity contribution in [3.63, 3.8) is 0 Å². The summed E-state index contributed by atoms with van der Waals surface area (Å²) >= 11 is 0. The summed E-state index contributed by atoms with van der Waals surface area (Å²) in [6, 6.07) is 0.317.